The molecule has 4 heteroatoms. The minimum absolute atomic E-state index is 0. The predicted molar refractivity (Wildman–Crippen MR) is 38.9 cm³/mol. The van der Waals surface area contributed by atoms with Gasteiger partial charge in [0.15, 0.2) is 0 Å². The number of halogens is 3. The van der Waals surface area contributed by atoms with Gasteiger partial charge in [0.1, 0.15) is 0 Å². The number of rotatable bonds is 0. The molecule has 28 valence electrons. The standard InChI is InChI=1S/3BrH.Ca.2H/h3*1H;;;/q;;;+2;2*-1. The van der Waals surface area contributed by atoms with E-state index in [4.69, 9.17) is 0 Å². The van der Waals surface area contributed by atoms with Gasteiger partial charge in [-0.2, -0.15) is 0 Å². The smallest absolute Gasteiger partial charge is 1.00 e. The van der Waals surface area contributed by atoms with E-state index in [1.54, 1.807) is 0 Å². The summed E-state index contributed by atoms with van der Waals surface area (Å²) in [6.07, 6.45) is 0. The largest absolute Gasteiger partial charge is 2.00 e. The zero-order chi connectivity index (χ0) is 0. The van der Waals surface area contributed by atoms with Crippen LogP contribution in [0.25, 0.3) is 0 Å². The first-order valence-corrected chi connectivity index (χ1v) is 0. The van der Waals surface area contributed by atoms with E-state index in [-0.39, 0.29) is 91.5 Å². The molecule has 0 aromatic rings. The van der Waals surface area contributed by atoms with Gasteiger partial charge >= 0.3 is 37.7 Å². The molecular formula is H5Br3Ca. The van der Waals surface area contributed by atoms with Crippen LogP contribution in [0.2, 0.25) is 0 Å². The molecule has 0 aliphatic carbocycles. The fourth-order valence-electron chi connectivity index (χ4n) is 0. The topological polar surface area (TPSA) is 0 Å². The maximum absolute atomic E-state index is 0. The first-order valence-electron chi connectivity index (χ1n) is 0. The van der Waals surface area contributed by atoms with Crippen molar-refractivity contribution in [2.24, 2.45) is 0 Å². The summed E-state index contributed by atoms with van der Waals surface area (Å²) in [6.45, 7) is 0. The number of hydrogen-bond donors (Lipinski definition) is 0. The second kappa shape index (κ2) is 17.3. The summed E-state index contributed by atoms with van der Waals surface area (Å²) in [4.78, 5) is 0. The van der Waals surface area contributed by atoms with Crippen molar-refractivity contribution in [2.75, 3.05) is 0 Å². The normalized spacial score (nSPS) is 0. The summed E-state index contributed by atoms with van der Waals surface area (Å²) >= 11 is 0. The zero-order valence-corrected chi connectivity index (χ0v) is 9.28. The van der Waals surface area contributed by atoms with Gasteiger partial charge in [0.2, 0.25) is 0 Å². The first kappa shape index (κ1) is 29.9. The third kappa shape index (κ3) is 8.83. The zero-order valence-electron chi connectivity index (χ0n) is 3.93. The molecule has 0 saturated carbocycles. The van der Waals surface area contributed by atoms with Crippen LogP contribution in [0.5, 0.6) is 0 Å². The molecule has 4 heavy (non-hydrogen) atoms. The maximum atomic E-state index is 0. The summed E-state index contributed by atoms with van der Waals surface area (Å²) in [5.74, 6) is 0. The second-order valence-electron chi connectivity index (χ2n) is 0. The predicted octanol–water partition coefficient (Wildman–Crippen LogP) is 1.58. The summed E-state index contributed by atoms with van der Waals surface area (Å²) in [5, 5.41) is 0. The molecule has 0 nitrogen and oxygen atoms in total. The average Bonchev–Trinajstić information content (AvgIpc) is 0. The summed E-state index contributed by atoms with van der Waals surface area (Å²) in [5.41, 5.74) is 0. The van der Waals surface area contributed by atoms with Crippen molar-refractivity contribution in [3.8, 4) is 0 Å². The number of hydrogen-bond acceptors (Lipinski definition) is 0. The van der Waals surface area contributed by atoms with Crippen LogP contribution in [0.3, 0.4) is 0 Å². The molecular weight excluding hydrogens is 280 g/mol. The van der Waals surface area contributed by atoms with Gasteiger partial charge in [-0.1, -0.05) is 0 Å². The van der Waals surface area contributed by atoms with Gasteiger partial charge in [0, 0.05) is 0 Å². The van der Waals surface area contributed by atoms with Crippen molar-refractivity contribution in [1.29, 1.82) is 0 Å². The molecule has 0 spiro atoms. The Hall–Kier alpha value is 2.70. The molecule has 0 amide bonds. The maximum Gasteiger partial charge on any atom is 2.00 e. The summed E-state index contributed by atoms with van der Waals surface area (Å²) in [6, 6.07) is 0. The third-order valence-corrected chi connectivity index (χ3v) is 0. The quantitative estimate of drug-likeness (QED) is 0.593. The van der Waals surface area contributed by atoms with Gasteiger partial charge in [-0.15, -0.1) is 50.9 Å². The molecule has 0 bridgehead atoms. The van der Waals surface area contributed by atoms with E-state index < -0.39 is 0 Å². The van der Waals surface area contributed by atoms with E-state index in [2.05, 4.69) is 0 Å². The Bertz CT molecular complexity index is 8.75. The van der Waals surface area contributed by atoms with E-state index >= 15 is 0 Å². The van der Waals surface area contributed by atoms with Gasteiger partial charge in [-0.3, -0.25) is 0 Å². The molecule has 0 aromatic carbocycles. The minimum atomic E-state index is 0. The molecule has 0 unspecified atom stereocenters. The van der Waals surface area contributed by atoms with Crippen LogP contribution in [0.1, 0.15) is 2.85 Å². The fraction of sp³-hybridized carbons (Fsp3) is 0. The summed E-state index contributed by atoms with van der Waals surface area (Å²) in [7, 11) is 0. The van der Waals surface area contributed by atoms with Crippen LogP contribution in [0, 0.1) is 0 Å². The Balaban J connectivity index is 0. The van der Waals surface area contributed by atoms with E-state index in [0.29, 0.717) is 0 Å². The van der Waals surface area contributed by atoms with Gasteiger partial charge in [-0.25, -0.2) is 0 Å². The molecule has 0 fully saturated rings. The van der Waals surface area contributed by atoms with Crippen molar-refractivity contribution in [3.05, 3.63) is 0 Å². The molecule has 0 aliphatic rings. The van der Waals surface area contributed by atoms with Gasteiger partial charge < -0.3 is 2.85 Å². The van der Waals surface area contributed by atoms with Gasteiger partial charge in [-0.05, 0) is 0 Å². The van der Waals surface area contributed by atoms with Gasteiger partial charge in [0.05, 0.1) is 0 Å². The first-order chi connectivity index (χ1) is 0. The van der Waals surface area contributed by atoms with Crippen molar-refractivity contribution >= 4 is 88.7 Å². The molecule has 0 aliphatic heterocycles. The van der Waals surface area contributed by atoms with Crippen LogP contribution in [0.4, 0.5) is 0 Å². The van der Waals surface area contributed by atoms with Crippen LogP contribution in [-0.2, 0) is 0 Å². The Morgan fingerprint density at radius 1 is 0.750 bits per heavy atom. The Labute approximate surface area is 90.0 Å². The Morgan fingerprint density at radius 3 is 0.750 bits per heavy atom. The van der Waals surface area contributed by atoms with Crippen LogP contribution in [0.15, 0.2) is 0 Å². The molecule has 0 radical (unpaired) electrons. The third-order valence-electron chi connectivity index (χ3n) is 0. The second-order valence-corrected chi connectivity index (χ2v) is 0. The molecule has 0 aromatic heterocycles. The molecule has 0 atom stereocenters. The molecule has 0 saturated heterocycles. The van der Waals surface area contributed by atoms with Crippen molar-refractivity contribution in [3.63, 3.8) is 0 Å². The van der Waals surface area contributed by atoms with E-state index in [1.165, 1.54) is 0 Å². The van der Waals surface area contributed by atoms with Crippen molar-refractivity contribution in [1.82, 2.24) is 0 Å². The summed E-state index contributed by atoms with van der Waals surface area (Å²) < 4.78 is 0. The van der Waals surface area contributed by atoms with Crippen LogP contribution < -0.4 is 0 Å². The molecule has 0 heterocycles. The van der Waals surface area contributed by atoms with E-state index in [9.17, 15) is 0 Å². The van der Waals surface area contributed by atoms with Crippen LogP contribution >= 0.6 is 50.9 Å². The van der Waals surface area contributed by atoms with E-state index in [1.807, 2.05) is 0 Å². The van der Waals surface area contributed by atoms with E-state index in [0.717, 1.165) is 0 Å². The average molecular weight is 285 g/mol. The fourth-order valence-corrected chi connectivity index (χ4v) is 0. The Kier molecular flexibility index (Phi) is 129. The Morgan fingerprint density at radius 2 is 0.750 bits per heavy atom. The minimum Gasteiger partial charge on any atom is -1.00 e. The van der Waals surface area contributed by atoms with Crippen molar-refractivity contribution < 1.29 is 2.85 Å². The monoisotopic (exact) mass is 282 g/mol. The molecule has 0 N–H and O–H groups in total. The van der Waals surface area contributed by atoms with Crippen LogP contribution in [-0.4, -0.2) is 37.7 Å². The van der Waals surface area contributed by atoms with Crippen molar-refractivity contribution in [2.45, 2.75) is 0 Å². The van der Waals surface area contributed by atoms with Gasteiger partial charge in [0.25, 0.3) is 0 Å². The molecule has 0 rings (SSSR count). The SMILES string of the molecule is Br.Br.Br.[Ca+2].[H-].[H-].